The van der Waals surface area contributed by atoms with E-state index in [0.29, 0.717) is 25.1 Å². The van der Waals surface area contributed by atoms with Gasteiger partial charge in [0.2, 0.25) is 0 Å². The Morgan fingerprint density at radius 2 is 1.60 bits per heavy atom. The van der Waals surface area contributed by atoms with Gasteiger partial charge in [0.1, 0.15) is 0 Å². The number of allylic oxidation sites excluding steroid dienone is 1. The number of carboxylic acid groups (broad SMARTS) is 1. The third-order valence-corrected chi connectivity index (χ3v) is 21.8. The summed E-state index contributed by atoms with van der Waals surface area (Å²) >= 11 is 0. The molecule has 3 fully saturated rings. The summed E-state index contributed by atoms with van der Waals surface area (Å²) in [5.74, 6) is 0.522. The maximum Gasteiger partial charge on any atom is 0.404 e. The molecule has 0 aliphatic heterocycles. The summed E-state index contributed by atoms with van der Waals surface area (Å²) in [4.78, 5) is 25.1. The fraction of sp³-hybridized carbons (Fsp3) is 0.879. The van der Waals surface area contributed by atoms with Crippen molar-refractivity contribution >= 4 is 28.5 Å². The lowest BCUT2D eigenvalue weighted by atomic mass is 9.49. The molecule has 0 aromatic carbocycles. The maximum absolute atomic E-state index is 13.4. The monoisotopic (exact) mass is 623 g/mol. The number of nitrogens with one attached hydrogen (secondary N) is 1. The van der Waals surface area contributed by atoms with E-state index in [-0.39, 0.29) is 51.1 Å². The molecule has 3 rings (SSSR count). The first-order valence-electron chi connectivity index (χ1n) is 16.2. The molecule has 42 heavy (non-hydrogen) atoms. The van der Waals surface area contributed by atoms with E-state index in [1.54, 1.807) is 0 Å². The van der Waals surface area contributed by atoms with E-state index in [1.165, 1.54) is 0 Å². The van der Waals surface area contributed by atoms with Gasteiger partial charge in [0, 0.05) is 30.2 Å². The van der Waals surface area contributed by atoms with Gasteiger partial charge in [-0.2, -0.15) is 0 Å². The smallest absolute Gasteiger partial charge is 0.404 e. The molecular weight excluding hydrogens is 563 g/mol. The zero-order valence-corrected chi connectivity index (χ0v) is 30.6. The number of fused-ring (bicyclic) bond motifs is 1. The van der Waals surface area contributed by atoms with Crippen LogP contribution in [-0.4, -0.2) is 58.0 Å². The minimum atomic E-state index is -2.01. The molecule has 3 N–H and O–H groups in total. The number of hydrogen-bond donors (Lipinski definition) is 3. The Kier molecular flexibility index (Phi) is 10.1. The van der Waals surface area contributed by atoms with Crippen LogP contribution in [-0.2, 0) is 13.6 Å². The molecule has 0 unspecified atom stereocenters. The Hall–Kier alpha value is -1.17. The number of rotatable bonds is 8. The Labute approximate surface area is 257 Å². The highest BCUT2D eigenvalue weighted by Gasteiger charge is 2.60. The van der Waals surface area contributed by atoms with Crippen LogP contribution in [0.1, 0.15) is 93.9 Å². The first-order chi connectivity index (χ1) is 19.0. The van der Waals surface area contributed by atoms with Crippen LogP contribution in [0.2, 0.25) is 36.3 Å². The molecule has 0 bridgehead atoms. The Balaban J connectivity index is 2.00. The summed E-state index contributed by atoms with van der Waals surface area (Å²) in [6.45, 7) is 28.5. The highest BCUT2D eigenvalue weighted by Crippen LogP contribution is 2.62. The van der Waals surface area contributed by atoms with Gasteiger partial charge in [-0.25, -0.2) is 4.79 Å². The lowest BCUT2D eigenvalue weighted by molar-refractivity contribution is -0.133. The third-order valence-electron chi connectivity index (χ3n) is 12.8. The zero-order chi connectivity index (χ0) is 32.1. The fourth-order valence-corrected chi connectivity index (χ4v) is 10.2. The number of carbonyl (C=O) groups excluding carboxylic acids is 1. The van der Waals surface area contributed by atoms with Crippen molar-refractivity contribution in [3.63, 3.8) is 0 Å². The van der Waals surface area contributed by atoms with Crippen molar-refractivity contribution in [2.75, 3.05) is 13.2 Å². The lowest BCUT2D eigenvalue weighted by Gasteiger charge is -2.57. The van der Waals surface area contributed by atoms with Crippen LogP contribution in [0.5, 0.6) is 0 Å². The second kappa shape index (κ2) is 12.0. The van der Waals surface area contributed by atoms with Crippen LogP contribution < -0.4 is 5.32 Å². The largest absolute Gasteiger partial charge is 0.515 e. The van der Waals surface area contributed by atoms with E-state index >= 15 is 0 Å². The minimum absolute atomic E-state index is 0.000481. The molecule has 0 heterocycles. The Morgan fingerprint density at radius 1 is 1.00 bits per heavy atom. The van der Waals surface area contributed by atoms with E-state index in [0.717, 1.165) is 38.4 Å². The Bertz CT molecular complexity index is 1040. The average molecular weight is 624 g/mol. The molecule has 3 aliphatic rings. The number of aliphatic hydroxyl groups excluding tert-OH is 1. The van der Waals surface area contributed by atoms with Crippen molar-refractivity contribution in [3.8, 4) is 0 Å². The van der Waals surface area contributed by atoms with Gasteiger partial charge >= 0.3 is 6.09 Å². The van der Waals surface area contributed by atoms with Gasteiger partial charge in [-0.1, -0.05) is 55.4 Å². The second-order valence-corrected chi connectivity index (χ2v) is 26.8. The summed E-state index contributed by atoms with van der Waals surface area (Å²) < 4.78 is 14.0. The third kappa shape index (κ3) is 6.74. The molecule has 242 valence electrons. The van der Waals surface area contributed by atoms with Crippen molar-refractivity contribution in [2.24, 2.45) is 34.5 Å². The van der Waals surface area contributed by atoms with E-state index < -0.39 is 28.1 Å². The highest BCUT2D eigenvalue weighted by atomic mass is 28.4. The summed E-state index contributed by atoms with van der Waals surface area (Å²) in [6.07, 6.45) is 5.20. The molecule has 7 nitrogen and oxygen atoms in total. The summed E-state index contributed by atoms with van der Waals surface area (Å²) in [5, 5.41) is 22.4. The van der Waals surface area contributed by atoms with Crippen LogP contribution in [0, 0.1) is 34.5 Å². The van der Waals surface area contributed by atoms with Crippen LogP contribution in [0.3, 0.4) is 0 Å². The summed E-state index contributed by atoms with van der Waals surface area (Å²) in [5.41, 5.74) is -0.170. The molecule has 0 aromatic rings. The normalized spacial score (nSPS) is 35.8. The molecular formula is C33H61NO6Si2. The fourth-order valence-electron chi connectivity index (χ4n) is 7.74. The van der Waals surface area contributed by atoms with Gasteiger partial charge in [0.15, 0.2) is 22.4 Å². The standard InChI is InChI=1S/C33H61NO6Si2/c1-30(2,3)41(9,10)39-21-23-18-24(40-42(11,12)31(4,5)6)13-15-32(23,7)26-14-16-33(8)27(17-22(20-35)28(33)36)25(26)19-34-29(37)38/h20,23-27,34-35H,13-19,21H2,1-12H3,(H,37,38)/b22-20-/t23-,24+,25-,26+,27-,32-,33+/m1/s1. The second-order valence-electron chi connectivity index (χ2n) is 17.3. The highest BCUT2D eigenvalue weighted by molar-refractivity contribution is 6.74. The van der Waals surface area contributed by atoms with E-state index in [1.807, 2.05) is 6.92 Å². The SMILES string of the molecule is CC(C)(C)[Si](C)(C)OC[C@H]1C[C@@H](O[Si](C)(C)C(C)(C)C)CC[C@@]1(C)[C@H]1CC[C@]2(C)C(=O)/C(=C\O)C[C@@H]2[C@@H]1CNC(=O)O. The van der Waals surface area contributed by atoms with E-state index in [9.17, 15) is 19.8 Å². The van der Waals surface area contributed by atoms with Gasteiger partial charge in [-0.05, 0) is 104 Å². The van der Waals surface area contributed by atoms with Gasteiger partial charge in [-0.15, -0.1) is 0 Å². The van der Waals surface area contributed by atoms with Crippen LogP contribution in [0.15, 0.2) is 11.8 Å². The average Bonchev–Trinajstić information content (AvgIpc) is 3.11. The van der Waals surface area contributed by atoms with Crippen molar-refractivity contribution in [1.82, 2.24) is 5.32 Å². The van der Waals surface area contributed by atoms with Crippen molar-refractivity contribution in [2.45, 2.75) is 136 Å². The molecule has 0 aromatic heterocycles. The number of hydrogen-bond acceptors (Lipinski definition) is 5. The van der Waals surface area contributed by atoms with Crippen LogP contribution >= 0.6 is 0 Å². The topological polar surface area (TPSA) is 105 Å². The number of ketones is 1. The van der Waals surface area contributed by atoms with Crippen molar-refractivity contribution in [3.05, 3.63) is 11.8 Å². The van der Waals surface area contributed by atoms with Gasteiger partial charge in [-0.3, -0.25) is 4.79 Å². The molecule has 7 atom stereocenters. The summed E-state index contributed by atoms with van der Waals surface area (Å²) in [7, 11) is -3.96. The molecule has 9 heteroatoms. The predicted octanol–water partition coefficient (Wildman–Crippen LogP) is 8.54. The maximum atomic E-state index is 13.4. The number of carbonyl (C=O) groups is 2. The molecule has 3 saturated carbocycles. The number of amides is 1. The molecule has 3 aliphatic carbocycles. The molecule has 0 radical (unpaired) electrons. The first kappa shape index (κ1) is 35.3. The predicted molar refractivity (Wildman–Crippen MR) is 175 cm³/mol. The molecule has 1 amide bonds. The van der Waals surface area contributed by atoms with Crippen molar-refractivity contribution in [1.29, 1.82) is 0 Å². The van der Waals surface area contributed by atoms with Crippen LogP contribution in [0.25, 0.3) is 0 Å². The van der Waals surface area contributed by atoms with Gasteiger partial charge in [0.05, 0.1) is 6.26 Å². The molecule has 0 saturated heterocycles. The van der Waals surface area contributed by atoms with Crippen LogP contribution in [0.4, 0.5) is 4.79 Å². The summed E-state index contributed by atoms with van der Waals surface area (Å²) in [6, 6.07) is 0. The molecule has 0 spiro atoms. The lowest BCUT2D eigenvalue weighted by Crippen LogP contribution is -2.56. The Morgan fingerprint density at radius 3 is 2.12 bits per heavy atom. The van der Waals surface area contributed by atoms with Crippen molar-refractivity contribution < 1.29 is 28.7 Å². The number of Topliss-reactive ketones (excluding diaryl/α,β-unsaturated/α-hetero) is 1. The number of aliphatic hydroxyl groups is 1. The zero-order valence-electron chi connectivity index (χ0n) is 28.6. The van der Waals surface area contributed by atoms with Gasteiger partial charge in [0.25, 0.3) is 0 Å². The van der Waals surface area contributed by atoms with Gasteiger partial charge < -0.3 is 24.4 Å². The quantitative estimate of drug-likeness (QED) is 0.142. The van der Waals surface area contributed by atoms with E-state index in [2.05, 4.69) is 80.0 Å². The first-order valence-corrected chi connectivity index (χ1v) is 22.0. The van der Waals surface area contributed by atoms with E-state index in [4.69, 9.17) is 8.85 Å². The minimum Gasteiger partial charge on any atom is -0.515 e.